The zero-order valence-corrected chi connectivity index (χ0v) is 13.9. The minimum absolute atomic E-state index is 0.0895. The number of anilines is 1. The molecule has 1 atom stereocenters. The summed E-state index contributed by atoms with van der Waals surface area (Å²) < 4.78 is 0. The predicted molar refractivity (Wildman–Crippen MR) is 95.8 cm³/mol. The van der Waals surface area contributed by atoms with E-state index in [-0.39, 0.29) is 18.1 Å². The molecule has 0 aliphatic carbocycles. The maximum Gasteiger partial charge on any atom is 0.226 e. The molecule has 5 nitrogen and oxygen atoms in total. The van der Waals surface area contributed by atoms with Gasteiger partial charge in [-0.2, -0.15) is 5.10 Å². The molecule has 6 heteroatoms. The van der Waals surface area contributed by atoms with Gasteiger partial charge in [-0.3, -0.25) is 14.7 Å². The molecule has 0 saturated heterocycles. The van der Waals surface area contributed by atoms with Crippen molar-refractivity contribution in [3.63, 3.8) is 0 Å². The van der Waals surface area contributed by atoms with Crippen molar-refractivity contribution in [1.82, 2.24) is 10.2 Å². The van der Waals surface area contributed by atoms with E-state index in [0.717, 1.165) is 16.8 Å². The molecule has 1 unspecified atom stereocenters. The number of ketones is 1. The minimum Gasteiger partial charge on any atom is -0.309 e. The number of carbonyl (C=O) groups excluding carboxylic acids is 2. The van der Waals surface area contributed by atoms with Crippen LogP contribution in [0.5, 0.6) is 0 Å². The molecule has 3 aromatic rings. The lowest BCUT2D eigenvalue weighted by Crippen LogP contribution is -2.27. The Morgan fingerprint density at radius 1 is 1.08 bits per heavy atom. The van der Waals surface area contributed by atoms with E-state index in [0.29, 0.717) is 16.4 Å². The summed E-state index contributed by atoms with van der Waals surface area (Å²) in [4.78, 5) is 25.0. The Morgan fingerprint density at radius 2 is 1.80 bits per heavy atom. The maximum atomic E-state index is 13.0. The molecule has 0 saturated carbocycles. The van der Waals surface area contributed by atoms with Crippen molar-refractivity contribution in [2.45, 2.75) is 12.3 Å². The second-order valence-electron chi connectivity index (χ2n) is 5.90. The highest BCUT2D eigenvalue weighted by Crippen LogP contribution is 2.39. The molecule has 0 radical (unpaired) electrons. The number of hydrogen-bond donors (Lipinski definition) is 2. The number of fused-ring (bicyclic) bond motifs is 1. The second-order valence-corrected chi connectivity index (χ2v) is 6.34. The monoisotopic (exact) mass is 351 g/mol. The van der Waals surface area contributed by atoms with Crippen LogP contribution in [0.4, 0.5) is 5.82 Å². The van der Waals surface area contributed by atoms with E-state index in [2.05, 4.69) is 15.5 Å². The van der Waals surface area contributed by atoms with Crippen LogP contribution in [0.15, 0.2) is 54.6 Å². The molecule has 4 rings (SSSR count). The SMILES string of the molecule is O=C1CC(C(=O)c2ccccc2)c2c(n[nH]c2-c2ccc(Cl)cc2)N1. The summed E-state index contributed by atoms with van der Waals surface area (Å²) in [6.07, 6.45) is 0.0981. The van der Waals surface area contributed by atoms with Crippen LogP contribution >= 0.6 is 11.6 Å². The van der Waals surface area contributed by atoms with Gasteiger partial charge in [0.05, 0.1) is 11.6 Å². The molecular weight excluding hydrogens is 338 g/mol. The number of H-pyrrole nitrogens is 1. The van der Waals surface area contributed by atoms with Crippen molar-refractivity contribution < 1.29 is 9.59 Å². The first-order valence-corrected chi connectivity index (χ1v) is 8.24. The van der Waals surface area contributed by atoms with E-state index in [4.69, 9.17) is 11.6 Å². The number of aromatic nitrogens is 2. The summed E-state index contributed by atoms with van der Waals surface area (Å²) in [6.45, 7) is 0. The quantitative estimate of drug-likeness (QED) is 0.699. The van der Waals surface area contributed by atoms with Gasteiger partial charge >= 0.3 is 0 Å². The fourth-order valence-corrected chi connectivity index (χ4v) is 3.25. The van der Waals surface area contributed by atoms with Gasteiger partial charge in [0.1, 0.15) is 0 Å². The topological polar surface area (TPSA) is 74.8 Å². The molecule has 1 amide bonds. The van der Waals surface area contributed by atoms with Crippen molar-refractivity contribution >= 4 is 29.1 Å². The third kappa shape index (κ3) is 2.83. The van der Waals surface area contributed by atoms with Crippen molar-refractivity contribution in [3.05, 3.63) is 70.7 Å². The normalized spacial score (nSPS) is 16.2. The van der Waals surface area contributed by atoms with Gasteiger partial charge in [0, 0.05) is 28.1 Å². The van der Waals surface area contributed by atoms with Crippen LogP contribution < -0.4 is 5.32 Å². The standard InChI is InChI=1S/C19H14ClN3O2/c20-13-8-6-11(7-9-13)17-16-14(10-15(24)21-19(16)23-22-17)18(25)12-4-2-1-3-5-12/h1-9,14H,10H2,(H2,21,22,23,24). The van der Waals surface area contributed by atoms with Gasteiger partial charge in [0.25, 0.3) is 0 Å². The van der Waals surface area contributed by atoms with E-state index >= 15 is 0 Å². The zero-order valence-electron chi connectivity index (χ0n) is 13.1. The Hall–Kier alpha value is -2.92. The molecule has 1 aliphatic rings. The number of halogens is 1. The Kier molecular flexibility index (Phi) is 3.86. The van der Waals surface area contributed by atoms with Crippen molar-refractivity contribution in [2.75, 3.05) is 5.32 Å². The number of hydrogen-bond acceptors (Lipinski definition) is 3. The minimum atomic E-state index is -0.574. The molecule has 2 aromatic carbocycles. The van der Waals surface area contributed by atoms with Crippen LogP contribution in [0.3, 0.4) is 0 Å². The lowest BCUT2D eigenvalue weighted by molar-refractivity contribution is -0.116. The van der Waals surface area contributed by atoms with Crippen molar-refractivity contribution in [1.29, 1.82) is 0 Å². The van der Waals surface area contributed by atoms with E-state index in [9.17, 15) is 9.59 Å². The average Bonchev–Trinajstić information content (AvgIpc) is 3.05. The number of rotatable bonds is 3. The Balaban J connectivity index is 1.82. The van der Waals surface area contributed by atoms with Crippen molar-refractivity contribution in [3.8, 4) is 11.3 Å². The number of nitrogens with one attached hydrogen (secondary N) is 2. The molecule has 2 heterocycles. The third-order valence-electron chi connectivity index (χ3n) is 4.31. The third-order valence-corrected chi connectivity index (χ3v) is 4.56. The second kappa shape index (κ2) is 6.18. The summed E-state index contributed by atoms with van der Waals surface area (Å²) in [6, 6.07) is 16.3. The first kappa shape index (κ1) is 15.6. The lowest BCUT2D eigenvalue weighted by atomic mass is 9.84. The summed E-state index contributed by atoms with van der Waals surface area (Å²) in [5.74, 6) is -0.463. The average molecular weight is 352 g/mol. The van der Waals surface area contributed by atoms with Crippen molar-refractivity contribution in [2.24, 2.45) is 0 Å². The molecule has 124 valence electrons. The summed E-state index contributed by atoms with van der Waals surface area (Å²) in [5.41, 5.74) is 2.88. The Morgan fingerprint density at radius 3 is 2.52 bits per heavy atom. The number of carbonyl (C=O) groups is 2. The van der Waals surface area contributed by atoms with Gasteiger partial charge < -0.3 is 5.32 Å². The van der Waals surface area contributed by atoms with E-state index in [1.165, 1.54) is 0 Å². The molecule has 25 heavy (non-hydrogen) atoms. The molecule has 1 aliphatic heterocycles. The largest absolute Gasteiger partial charge is 0.309 e. The maximum absolute atomic E-state index is 13.0. The van der Waals surface area contributed by atoms with Crippen LogP contribution in [0.2, 0.25) is 5.02 Å². The summed E-state index contributed by atoms with van der Waals surface area (Å²) >= 11 is 5.96. The fraction of sp³-hybridized carbons (Fsp3) is 0.105. The number of benzene rings is 2. The molecule has 0 fully saturated rings. The van der Waals surface area contributed by atoms with Gasteiger partial charge in [-0.05, 0) is 12.1 Å². The zero-order chi connectivity index (χ0) is 17.4. The first-order chi connectivity index (χ1) is 12.1. The van der Waals surface area contributed by atoms with Crippen LogP contribution in [0, 0.1) is 0 Å². The van der Waals surface area contributed by atoms with Gasteiger partial charge in [-0.1, -0.05) is 54.1 Å². The molecule has 0 bridgehead atoms. The highest BCUT2D eigenvalue weighted by atomic mass is 35.5. The van der Waals surface area contributed by atoms with E-state index in [1.54, 1.807) is 24.3 Å². The van der Waals surface area contributed by atoms with Gasteiger partial charge in [0.2, 0.25) is 5.91 Å². The molecule has 0 spiro atoms. The highest BCUT2D eigenvalue weighted by molar-refractivity contribution is 6.30. The lowest BCUT2D eigenvalue weighted by Gasteiger charge is -2.22. The van der Waals surface area contributed by atoms with Crippen LogP contribution in [0.1, 0.15) is 28.3 Å². The fourth-order valence-electron chi connectivity index (χ4n) is 3.12. The molecule has 1 aromatic heterocycles. The number of aromatic amines is 1. The Bertz CT molecular complexity index is 949. The van der Waals surface area contributed by atoms with Gasteiger partial charge in [-0.25, -0.2) is 0 Å². The van der Waals surface area contributed by atoms with Gasteiger partial charge in [0.15, 0.2) is 11.6 Å². The number of nitrogens with zero attached hydrogens (tertiary/aromatic N) is 1. The molecular formula is C19H14ClN3O2. The van der Waals surface area contributed by atoms with E-state index in [1.807, 2.05) is 30.3 Å². The first-order valence-electron chi connectivity index (χ1n) is 7.87. The summed E-state index contributed by atoms with van der Waals surface area (Å²) in [7, 11) is 0. The number of amides is 1. The Labute approximate surface area is 149 Å². The van der Waals surface area contributed by atoms with Crippen LogP contribution in [0.25, 0.3) is 11.3 Å². The van der Waals surface area contributed by atoms with Crippen LogP contribution in [-0.2, 0) is 4.79 Å². The smallest absolute Gasteiger partial charge is 0.226 e. The van der Waals surface area contributed by atoms with Crippen LogP contribution in [-0.4, -0.2) is 21.9 Å². The summed E-state index contributed by atoms with van der Waals surface area (Å²) in [5, 5.41) is 10.5. The van der Waals surface area contributed by atoms with Gasteiger partial charge in [-0.15, -0.1) is 0 Å². The predicted octanol–water partition coefficient (Wildman–Crippen LogP) is 4.04. The van der Waals surface area contributed by atoms with E-state index < -0.39 is 5.92 Å². The number of Topliss-reactive ketones (excluding diaryl/α,β-unsaturated/α-hetero) is 1. The highest BCUT2D eigenvalue weighted by Gasteiger charge is 2.35. The molecule has 2 N–H and O–H groups in total.